The minimum absolute atomic E-state index is 0.0226. The Kier molecular flexibility index (Phi) is 1.55. The first-order valence-corrected chi connectivity index (χ1v) is 4.04. The fourth-order valence-electron chi connectivity index (χ4n) is 1.52. The van der Waals surface area contributed by atoms with Crippen LogP contribution in [-0.4, -0.2) is 30.1 Å². The van der Waals surface area contributed by atoms with Gasteiger partial charge in [-0.2, -0.15) is 0 Å². The van der Waals surface area contributed by atoms with Crippen molar-refractivity contribution in [2.75, 3.05) is 0 Å². The van der Waals surface area contributed by atoms with Crippen molar-refractivity contribution in [2.45, 2.75) is 45.1 Å². The van der Waals surface area contributed by atoms with Crippen molar-refractivity contribution < 1.29 is 19.0 Å². The average Bonchev–Trinajstić information content (AvgIpc) is 2.33. The lowest BCUT2D eigenvalue weighted by molar-refractivity contribution is -0.202. The first kappa shape index (κ1) is 8.16. The predicted molar refractivity (Wildman–Crippen MR) is 39.4 cm³/mol. The number of hydrogen-bond donors (Lipinski definition) is 0. The Morgan fingerprint density at radius 3 is 2.58 bits per heavy atom. The summed E-state index contributed by atoms with van der Waals surface area (Å²) in [6.45, 7) is 5.25. The summed E-state index contributed by atoms with van der Waals surface area (Å²) in [6.07, 6.45) is -1.41. The topological polar surface area (TPSA) is 44.8 Å². The third kappa shape index (κ3) is 1.07. The number of rotatable bonds is 0. The van der Waals surface area contributed by atoms with Crippen LogP contribution in [0.5, 0.6) is 0 Å². The second kappa shape index (κ2) is 2.28. The van der Waals surface area contributed by atoms with Crippen LogP contribution in [0.4, 0.5) is 0 Å². The van der Waals surface area contributed by atoms with Gasteiger partial charge in [-0.1, -0.05) is 0 Å². The summed E-state index contributed by atoms with van der Waals surface area (Å²) in [5.41, 5.74) is 0. The SMILES string of the molecule is C[C@@H]1O[C@@H]2OC(C)(C)O[C@@H]2C1=O. The maximum absolute atomic E-state index is 11.3. The molecule has 12 heavy (non-hydrogen) atoms. The predicted octanol–water partition coefficient (Wildman–Crippen LogP) is 0.452. The molecule has 4 nitrogen and oxygen atoms in total. The van der Waals surface area contributed by atoms with Crippen LogP contribution < -0.4 is 0 Å². The van der Waals surface area contributed by atoms with Gasteiger partial charge in [0.25, 0.3) is 0 Å². The zero-order valence-electron chi connectivity index (χ0n) is 7.37. The maximum Gasteiger partial charge on any atom is 0.195 e. The lowest BCUT2D eigenvalue weighted by Crippen LogP contribution is -2.28. The summed E-state index contributed by atoms with van der Waals surface area (Å²) >= 11 is 0. The van der Waals surface area contributed by atoms with Crippen LogP contribution in [0.3, 0.4) is 0 Å². The molecular weight excluding hydrogens is 160 g/mol. The van der Waals surface area contributed by atoms with Crippen molar-refractivity contribution in [3.8, 4) is 0 Å². The van der Waals surface area contributed by atoms with E-state index in [1.54, 1.807) is 20.8 Å². The Hall–Kier alpha value is -0.450. The van der Waals surface area contributed by atoms with Crippen LogP contribution >= 0.6 is 0 Å². The molecule has 2 aliphatic heterocycles. The molecule has 4 heteroatoms. The normalized spacial score (nSPS) is 44.9. The van der Waals surface area contributed by atoms with Crippen LogP contribution in [0.25, 0.3) is 0 Å². The van der Waals surface area contributed by atoms with Gasteiger partial charge in [-0.05, 0) is 20.8 Å². The van der Waals surface area contributed by atoms with Crippen molar-refractivity contribution in [1.29, 1.82) is 0 Å². The molecule has 0 aromatic carbocycles. The van der Waals surface area contributed by atoms with Gasteiger partial charge in [0.1, 0.15) is 6.10 Å². The molecule has 0 aliphatic carbocycles. The Balaban J connectivity index is 2.16. The van der Waals surface area contributed by atoms with Crippen molar-refractivity contribution >= 4 is 5.78 Å². The zero-order chi connectivity index (χ0) is 8.93. The molecular formula is C8H12O4. The van der Waals surface area contributed by atoms with Crippen molar-refractivity contribution in [2.24, 2.45) is 0 Å². The van der Waals surface area contributed by atoms with Gasteiger partial charge in [0.05, 0.1) is 0 Å². The van der Waals surface area contributed by atoms with Gasteiger partial charge in [0, 0.05) is 0 Å². The number of fused-ring (bicyclic) bond motifs is 1. The molecule has 2 fully saturated rings. The van der Waals surface area contributed by atoms with E-state index in [1.165, 1.54) is 0 Å². The molecule has 68 valence electrons. The monoisotopic (exact) mass is 172 g/mol. The molecule has 0 N–H and O–H groups in total. The van der Waals surface area contributed by atoms with E-state index in [1.807, 2.05) is 0 Å². The minimum Gasteiger partial charge on any atom is -0.338 e. The van der Waals surface area contributed by atoms with Crippen molar-refractivity contribution in [3.05, 3.63) is 0 Å². The van der Waals surface area contributed by atoms with E-state index >= 15 is 0 Å². The van der Waals surface area contributed by atoms with Crippen LogP contribution in [0.15, 0.2) is 0 Å². The zero-order valence-corrected chi connectivity index (χ0v) is 7.37. The molecule has 0 unspecified atom stereocenters. The van der Waals surface area contributed by atoms with Crippen molar-refractivity contribution in [3.63, 3.8) is 0 Å². The van der Waals surface area contributed by atoms with Crippen LogP contribution in [0.1, 0.15) is 20.8 Å². The van der Waals surface area contributed by atoms with E-state index < -0.39 is 24.3 Å². The number of ketones is 1. The summed E-state index contributed by atoms with van der Waals surface area (Å²) in [7, 11) is 0. The van der Waals surface area contributed by atoms with E-state index in [0.717, 1.165) is 0 Å². The second-order valence-electron chi connectivity index (χ2n) is 3.61. The molecule has 0 spiro atoms. The molecule has 0 saturated carbocycles. The molecule has 2 rings (SSSR count). The molecule has 0 radical (unpaired) electrons. The second-order valence-corrected chi connectivity index (χ2v) is 3.61. The Bertz CT molecular complexity index is 223. The van der Waals surface area contributed by atoms with E-state index in [9.17, 15) is 4.79 Å². The number of ether oxygens (including phenoxy) is 3. The van der Waals surface area contributed by atoms with Gasteiger partial charge >= 0.3 is 0 Å². The highest BCUT2D eigenvalue weighted by atomic mass is 16.8. The lowest BCUT2D eigenvalue weighted by atomic mass is 10.2. The fourth-order valence-corrected chi connectivity index (χ4v) is 1.52. The summed E-state index contributed by atoms with van der Waals surface area (Å²) < 4.78 is 15.9. The number of hydrogen-bond acceptors (Lipinski definition) is 4. The Labute approximate surface area is 70.8 Å². The third-order valence-electron chi connectivity index (χ3n) is 2.08. The summed E-state index contributed by atoms with van der Waals surface area (Å²) in [5, 5.41) is 0. The van der Waals surface area contributed by atoms with E-state index in [4.69, 9.17) is 14.2 Å². The summed E-state index contributed by atoms with van der Waals surface area (Å²) in [4.78, 5) is 11.3. The number of carbonyl (C=O) groups excluding carboxylic acids is 1. The number of carbonyl (C=O) groups is 1. The highest BCUT2D eigenvalue weighted by Gasteiger charge is 2.52. The first-order valence-electron chi connectivity index (χ1n) is 4.04. The highest BCUT2D eigenvalue weighted by molar-refractivity contribution is 5.89. The first-order chi connectivity index (χ1) is 5.49. The quantitative estimate of drug-likeness (QED) is 0.532. The molecule has 0 amide bonds. The molecule has 0 aromatic rings. The van der Waals surface area contributed by atoms with Gasteiger partial charge in [-0.3, -0.25) is 4.79 Å². The fraction of sp³-hybridized carbons (Fsp3) is 0.875. The molecule has 2 aliphatic rings. The van der Waals surface area contributed by atoms with Gasteiger partial charge in [-0.15, -0.1) is 0 Å². The highest BCUT2D eigenvalue weighted by Crippen LogP contribution is 2.34. The van der Waals surface area contributed by atoms with Crippen molar-refractivity contribution in [1.82, 2.24) is 0 Å². The maximum atomic E-state index is 11.3. The summed E-state index contributed by atoms with van der Waals surface area (Å²) in [6, 6.07) is 0. The van der Waals surface area contributed by atoms with Gasteiger partial charge in [0.15, 0.2) is 24.0 Å². The standard InChI is InChI=1S/C8H12O4/c1-4-5(9)6-7(10-4)12-8(2,3)11-6/h4,6-7H,1-3H3/t4-,6+,7+/m0/s1. The molecule has 0 aromatic heterocycles. The molecule has 3 atom stereocenters. The van der Waals surface area contributed by atoms with E-state index in [0.29, 0.717) is 0 Å². The van der Waals surface area contributed by atoms with Gasteiger partial charge in [0.2, 0.25) is 0 Å². The average molecular weight is 172 g/mol. The van der Waals surface area contributed by atoms with E-state index in [-0.39, 0.29) is 5.78 Å². The van der Waals surface area contributed by atoms with Crippen LogP contribution in [-0.2, 0) is 19.0 Å². The van der Waals surface area contributed by atoms with E-state index in [2.05, 4.69) is 0 Å². The largest absolute Gasteiger partial charge is 0.338 e. The summed E-state index contributed by atoms with van der Waals surface area (Å²) in [5.74, 6) is -0.712. The Morgan fingerprint density at radius 2 is 2.00 bits per heavy atom. The number of Topliss-reactive ketones (excluding diaryl/α,β-unsaturated/α-hetero) is 1. The smallest absolute Gasteiger partial charge is 0.195 e. The Morgan fingerprint density at radius 1 is 1.33 bits per heavy atom. The molecule has 2 saturated heterocycles. The van der Waals surface area contributed by atoms with Gasteiger partial charge in [-0.25, -0.2) is 0 Å². The van der Waals surface area contributed by atoms with Crippen LogP contribution in [0.2, 0.25) is 0 Å². The van der Waals surface area contributed by atoms with Gasteiger partial charge < -0.3 is 14.2 Å². The van der Waals surface area contributed by atoms with Crippen LogP contribution in [0, 0.1) is 0 Å². The third-order valence-corrected chi connectivity index (χ3v) is 2.08. The molecule has 2 heterocycles. The minimum atomic E-state index is -0.689. The lowest BCUT2D eigenvalue weighted by Gasteiger charge is -2.18. The molecule has 0 bridgehead atoms.